The quantitative estimate of drug-likeness (QED) is 0.252. The Balaban J connectivity index is 1.65. The van der Waals surface area contributed by atoms with Gasteiger partial charge in [0.2, 0.25) is 5.91 Å². The molecule has 8 heteroatoms. The molecule has 33 heavy (non-hydrogen) atoms. The third kappa shape index (κ3) is 6.97. The van der Waals surface area contributed by atoms with Crippen LogP contribution in [0.4, 0.5) is 0 Å². The van der Waals surface area contributed by atoms with Gasteiger partial charge in [-0.05, 0) is 70.7 Å². The fourth-order valence-electron chi connectivity index (χ4n) is 3.18. The molecular formula is C25H23BrCl2N2O3. The number of hydrogen-bond acceptors (Lipinski definition) is 4. The van der Waals surface area contributed by atoms with Gasteiger partial charge >= 0.3 is 0 Å². The SMILES string of the molecule is COc1cc(/C=N/NC(=O)Cc2ccc(C)cc2C)cc(Br)c1OCc1ccc(Cl)cc1Cl. The van der Waals surface area contributed by atoms with Crippen LogP contribution < -0.4 is 14.9 Å². The van der Waals surface area contributed by atoms with Crippen molar-refractivity contribution in [1.29, 1.82) is 0 Å². The lowest BCUT2D eigenvalue weighted by Gasteiger charge is -2.14. The molecule has 1 amide bonds. The second-order valence-corrected chi connectivity index (χ2v) is 9.16. The summed E-state index contributed by atoms with van der Waals surface area (Å²) in [6, 6.07) is 14.8. The molecule has 5 nitrogen and oxygen atoms in total. The summed E-state index contributed by atoms with van der Waals surface area (Å²) < 4.78 is 12.1. The molecule has 0 aromatic heterocycles. The normalized spacial score (nSPS) is 11.0. The predicted octanol–water partition coefficient (Wildman–Crippen LogP) is 6.65. The van der Waals surface area contributed by atoms with Crippen molar-refractivity contribution >= 4 is 51.3 Å². The van der Waals surface area contributed by atoms with Crippen LogP contribution in [-0.2, 0) is 17.8 Å². The number of hydrazone groups is 1. The van der Waals surface area contributed by atoms with Gasteiger partial charge in [0.15, 0.2) is 11.5 Å². The van der Waals surface area contributed by atoms with Crippen LogP contribution in [0.3, 0.4) is 0 Å². The van der Waals surface area contributed by atoms with Crippen LogP contribution in [0.25, 0.3) is 0 Å². The number of carbonyl (C=O) groups is 1. The number of benzene rings is 3. The van der Waals surface area contributed by atoms with Crippen molar-refractivity contribution in [2.45, 2.75) is 26.9 Å². The number of nitrogens with zero attached hydrogens (tertiary/aromatic N) is 1. The minimum absolute atomic E-state index is 0.191. The zero-order valence-corrected chi connectivity index (χ0v) is 21.5. The number of ether oxygens (including phenoxy) is 2. The van der Waals surface area contributed by atoms with Crippen LogP contribution in [0.1, 0.15) is 27.8 Å². The van der Waals surface area contributed by atoms with Gasteiger partial charge in [0, 0.05) is 15.6 Å². The van der Waals surface area contributed by atoms with Gasteiger partial charge in [-0.1, -0.05) is 53.0 Å². The number of halogens is 3. The Kier molecular flexibility index (Phi) is 8.78. The van der Waals surface area contributed by atoms with Crippen molar-refractivity contribution in [1.82, 2.24) is 5.43 Å². The Morgan fingerprint density at radius 2 is 1.85 bits per heavy atom. The number of aryl methyl sites for hydroxylation is 2. The maximum atomic E-state index is 12.3. The maximum absolute atomic E-state index is 12.3. The molecule has 1 N–H and O–H groups in total. The van der Waals surface area contributed by atoms with Crippen molar-refractivity contribution < 1.29 is 14.3 Å². The average molecular weight is 550 g/mol. The summed E-state index contributed by atoms with van der Waals surface area (Å²) in [5, 5.41) is 5.16. The predicted molar refractivity (Wildman–Crippen MR) is 137 cm³/mol. The van der Waals surface area contributed by atoms with Gasteiger partial charge in [0.25, 0.3) is 0 Å². The smallest absolute Gasteiger partial charge is 0.244 e. The maximum Gasteiger partial charge on any atom is 0.244 e. The first-order chi connectivity index (χ1) is 15.8. The summed E-state index contributed by atoms with van der Waals surface area (Å²) >= 11 is 15.7. The zero-order valence-electron chi connectivity index (χ0n) is 18.4. The van der Waals surface area contributed by atoms with E-state index in [4.69, 9.17) is 32.7 Å². The second-order valence-electron chi connectivity index (χ2n) is 7.46. The minimum atomic E-state index is -0.191. The van der Waals surface area contributed by atoms with E-state index in [1.165, 1.54) is 0 Å². The first-order valence-corrected chi connectivity index (χ1v) is 11.6. The van der Waals surface area contributed by atoms with E-state index in [2.05, 4.69) is 32.5 Å². The molecule has 0 aliphatic carbocycles. The Morgan fingerprint density at radius 1 is 1.09 bits per heavy atom. The molecule has 0 bridgehead atoms. The fourth-order valence-corrected chi connectivity index (χ4v) is 4.22. The third-order valence-electron chi connectivity index (χ3n) is 4.89. The van der Waals surface area contributed by atoms with E-state index in [1.807, 2.05) is 38.1 Å². The van der Waals surface area contributed by atoms with Crippen molar-refractivity contribution in [3.8, 4) is 11.5 Å². The lowest BCUT2D eigenvalue weighted by Crippen LogP contribution is -2.20. The van der Waals surface area contributed by atoms with Gasteiger partial charge in [-0.2, -0.15) is 5.10 Å². The average Bonchev–Trinajstić information content (AvgIpc) is 2.75. The summed E-state index contributed by atoms with van der Waals surface area (Å²) in [6.07, 6.45) is 1.81. The van der Waals surface area contributed by atoms with Gasteiger partial charge in [-0.15, -0.1) is 0 Å². The summed E-state index contributed by atoms with van der Waals surface area (Å²) in [5.41, 5.74) is 7.31. The lowest BCUT2D eigenvalue weighted by molar-refractivity contribution is -0.120. The Morgan fingerprint density at radius 3 is 2.55 bits per heavy atom. The van der Waals surface area contributed by atoms with Crippen molar-refractivity contribution in [2.75, 3.05) is 7.11 Å². The zero-order chi connectivity index (χ0) is 24.0. The van der Waals surface area contributed by atoms with Gasteiger partial charge in [-0.3, -0.25) is 4.79 Å². The highest BCUT2D eigenvalue weighted by atomic mass is 79.9. The minimum Gasteiger partial charge on any atom is -0.493 e. The highest BCUT2D eigenvalue weighted by Crippen LogP contribution is 2.37. The van der Waals surface area contributed by atoms with E-state index in [-0.39, 0.29) is 18.9 Å². The van der Waals surface area contributed by atoms with Gasteiger partial charge < -0.3 is 9.47 Å². The molecule has 0 aliphatic heterocycles. The van der Waals surface area contributed by atoms with E-state index in [0.29, 0.717) is 26.0 Å². The molecule has 0 fully saturated rings. The molecule has 172 valence electrons. The summed E-state index contributed by atoms with van der Waals surface area (Å²) in [7, 11) is 1.55. The van der Waals surface area contributed by atoms with Gasteiger partial charge in [-0.25, -0.2) is 5.43 Å². The number of methoxy groups -OCH3 is 1. The molecule has 0 radical (unpaired) electrons. The van der Waals surface area contributed by atoms with Gasteiger partial charge in [0.1, 0.15) is 6.61 Å². The fraction of sp³-hybridized carbons (Fsp3) is 0.200. The standard InChI is InChI=1S/C25H23BrCl2N2O3/c1-15-4-5-18(16(2)8-15)11-24(31)30-29-13-17-9-21(26)25(23(10-17)32-3)33-14-19-6-7-20(27)12-22(19)28/h4-10,12-13H,11,14H2,1-3H3,(H,30,31)/b29-13+. The first-order valence-electron chi connectivity index (χ1n) is 10.1. The molecule has 0 spiro atoms. The molecule has 0 aliphatic rings. The van der Waals surface area contributed by atoms with Crippen LogP contribution in [-0.4, -0.2) is 19.2 Å². The molecule has 3 rings (SSSR count). The van der Waals surface area contributed by atoms with E-state index in [0.717, 1.165) is 27.8 Å². The lowest BCUT2D eigenvalue weighted by atomic mass is 10.0. The van der Waals surface area contributed by atoms with E-state index in [9.17, 15) is 4.79 Å². The topological polar surface area (TPSA) is 59.9 Å². The molecule has 0 unspecified atom stereocenters. The van der Waals surface area contributed by atoms with Crippen molar-refractivity contribution in [3.05, 3.63) is 90.9 Å². The van der Waals surface area contributed by atoms with Crippen LogP contribution >= 0.6 is 39.1 Å². The molecule has 0 saturated heterocycles. The van der Waals surface area contributed by atoms with Crippen LogP contribution in [0, 0.1) is 13.8 Å². The Bertz CT molecular complexity index is 1200. The van der Waals surface area contributed by atoms with E-state index < -0.39 is 0 Å². The largest absolute Gasteiger partial charge is 0.493 e. The molecular weight excluding hydrogens is 527 g/mol. The molecule has 3 aromatic carbocycles. The molecule has 3 aromatic rings. The van der Waals surface area contributed by atoms with E-state index in [1.54, 1.807) is 31.5 Å². The molecule has 0 heterocycles. The number of nitrogens with one attached hydrogen (secondary N) is 1. The number of rotatable bonds is 8. The van der Waals surface area contributed by atoms with Crippen LogP contribution in [0.15, 0.2) is 58.1 Å². The Labute approximate surface area is 211 Å². The van der Waals surface area contributed by atoms with E-state index >= 15 is 0 Å². The summed E-state index contributed by atoms with van der Waals surface area (Å²) in [6.45, 7) is 4.26. The van der Waals surface area contributed by atoms with Crippen molar-refractivity contribution in [2.24, 2.45) is 5.10 Å². The highest BCUT2D eigenvalue weighted by molar-refractivity contribution is 9.10. The van der Waals surface area contributed by atoms with Crippen molar-refractivity contribution in [3.63, 3.8) is 0 Å². The highest BCUT2D eigenvalue weighted by Gasteiger charge is 2.13. The number of hydrogen-bond donors (Lipinski definition) is 1. The summed E-state index contributed by atoms with van der Waals surface area (Å²) in [5.74, 6) is 0.848. The first kappa shape index (κ1) is 25.1. The number of amides is 1. The number of carbonyl (C=O) groups excluding carboxylic acids is 1. The molecule has 0 atom stereocenters. The van der Waals surface area contributed by atoms with Gasteiger partial charge in [0.05, 0.1) is 24.2 Å². The monoisotopic (exact) mass is 548 g/mol. The van der Waals surface area contributed by atoms with Crippen LogP contribution in [0.2, 0.25) is 10.0 Å². The molecule has 0 saturated carbocycles. The third-order valence-corrected chi connectivity index (χ3v) is 6.07. The van der Waals surface area contributed by atoms with Crippen LogP contribution in [0.5, 0.6) is 11.5 Å². The Hall–Kier alpha value is -2.54. The summed E-state index contributed by atoms with van der Waals surface area (Å²) in [4.78, 5) is 12.3. The second kappa shape index (κ2) is 11.5.